The molecule has 16 heavy (non-hydrogen) atoms. The van der Waals surface area contributed by atoms with Gasteiger partial charge in [0.05, 0.1) is 5.56 Å². The lowest BCUT2D eigenvalue weighted by molar-refractivity contribution is 0.0803. The van der Waals surface area contributed by atoms with Gasteiger partial charge in [0.1, 0.15) is 0 Å². The molecule has 0 saturated carbocycles. The van der Waals surface area contributed by atoms with Crippen LogP contribution in [0.1, 0.15) is 17.3 Å². The molecule has 0 unspecified atom stereocenters. The van der Waals surface area contributed by atoms with Crippen LogP contribution in [0.4, 0.5) is 0 Å². The Bertz CT molecular complexity index is 431. The minimum absolute atomic E-state index is 0.0412. The highest BCUT2D eigenvalue weighted by molar-refractivity contribution is 9.10. The third-order valence-electron chi connectivity index (χ3n) is 2.04. The normalized spacial score (nSPS) is 10.0. The molecule has 0 N–H and O–H groups in total. The number of nitrogens with zero attached hydrogens (tertiary/aromatic N) is 1. The molecule has 1 aromatic carbocycles. The Balaban J connectivity index is 2.92. The van der Waals surface area contributed by atoms with Crippen LogP contribution in [0.3, 0.4) is 0 Å². The highest BCUT2D eigenvalue weighted by Crippen LogP contribution is 2.21. The lowest BCUT2D eigenvalue weighted by Gasteiger charge is -2.18. The van der Waals surface area contributed by atoms with E-state index in [2.05, 4.69) is 35.1 Å². The molecule has 0 saturated heterocycles. The molecule has 0 radical (unpaired) electrons. The molecule has 0 fully saturated rings. The van der Waals surface area contributed by atoms with E-state index in [4.69, 9.17) is 0 Å². The number of hydrogen-bond donors (Lipinski definition) is 1. The van der Waals surface area contributed by atoms with Gasteiger partial charge in [-0.3, -0.25) is 4.79 Å². The van der Waals surface area contributed by atoms with Crippen molar-refractivity contribution in [3.63, 3.8) is 0 Å². The second kappa shape index (κ2) is 5.55. The minimum Gasteiger partial charge on any atom is -0.338 e. The van der Waals surface area contributed by atoms with Gasteiger partial charge in [-0.1, -0.05) is 28.1 Å². The van der Waals surface area contributed by atoms with Gasteiger partial charge in [0.15, 0.2) is 0 Å². The van der Waals surface area contributed by atoms with Crippen molar-refractivity contribution >= 4 is 34.5 Å². The van der Waals surface area contributed by atoms with Crippen molar-refractivity contribution in [2.75, 3.05) is 13.6 Å². The predicted octanol–water partition coefficient (Wildman–Crippen LogP) is 3.39. The molecule has 2 nitrogen and oxygen atoms in total. The van der Waals surface area contributed by atoms with E-state index in [1.54, 1.807) is 18.0 Å². The molecule has 0 aliphatic carbocycles. The number of amides is 1. The number of rotatable bonds is 3. The smallest absolute Gasteiger partial charge is 0.255 e. The van der Waals surface area contributed by atoms with E-state index in [9.17, 15) is 4.79 Å². The van der Waals surface area contributed by atoms with Crippen LogP contribution < -0.4 is 0 Å². The molecule has 4 heteroatoms. The van der Waals surface area contributed by atoms with Gasteiger partial charge >= 0.3 is 0 Å². The number of benzene rings is 1. The molecule has 0 spiro atoms. The lowest BCUT2D eigenvalue weighted by Crippen LogP contribution is -2.28. The monoisotopic (exact) mass is 299 g/mol. The third-order valence-corrected chi connectivity index (χ3v) is 2.91. The van der Waals surface area contributed by atoms with Crippen LogP contribution in [-0.2, 0) is 0 Å². The van der Waals surface area contributed by atoms with Gasteiger partial charge in [-0.15, -0.1) is 12.6 Å². The summed E-state index contributed by atoms with van der Waals surface area (Å²) in [6, 6.07) is 5.41. The quantitative estimate of drug-likeness (QED) is 0.670. The molecular formula is C12H14BrNOS. The van der Waals surface area contributed by atoms with Crippen molar-refractivity contribution in [2.45, 2.75) is 11.8 Å². The van der Waals surface area contributed by atoms with Gasteiger partial charge in [-0.2, -0.15) is 0 Å². The number of carbonyl (C=O) groups is 1. The van der Waals surface area contributed by atoms with E-state index in [1.807, 2.05) is 19.1 Å². The molecule has 1 amide bonds. The van der Waals surface area contributed by atoms with Gasteiger partial charge in [0, 0.05) is 23.0 Å². The van der Waals surface area contributed by atoms with Crippen LogP contribution in [0.5, 0.6) is 0 Å². The number of thiol groups is 1. The molecule has 0 bridgehead atoms. The van der Waals surface area contributed by atoms with Crippen molar-refractivity contribution in [2.24, 2.45) is 0 Å². The Morgan fingerprint density at radius 2 is 2.19 bits per heavy atom. The highest BCUT2D eigenvalue weighted by atomic mass is 79.9. The van der Waals surface area contributed by atoms with Crippen molar-refractivity contribution in [1.82, 2.24) is 4.90 Å². The first-order valence-electron chi connectivity index (χ1n) is 4.80. The molecule has 0 aliphatic heterocycles. The SMILES string of the molecule is C=C(C)CN(C)C(=O)c1ccc(Br)cc1S. The predicted molar refractivity (Wildman–Crippen MR) is 73.2 cm³/mol. The minimum atomic E-state index is -0.0412. The maximum absolute atomic E-state index is 12.0. The van der Waals surface area contributed by atoms with Crippen molar-refractivity contribution in [3.05, 3.63) is 40.4 Å². The maximum atomic E-state index is 12.0. The molecule has 1 rings (SSSR count). The Morgan fingerprint density at radius 3 is 2.69 bits per heavy atom. The van der Waals surface area contributed by atoms with Gasteiger partial charge in [0.2, 0.25) is 0 Å². The van der Waals surface area contributed by atoms with Gasteiger partial charge in [0.25, 0.3) is 5.91 Å². The molecule has 0 aliphatic rings. The first kappa shape index (κ1) is 13.3. The van der Waals surface area contributed by atoms with Crippen LogP contribution in [-0.4, -0.2) is 24.4 Å². The molecule has 1 aromatic rings. The van der Waals surface area contributed by atoms with Crippen molar-refractivity contribution < 1.29 is 4.79 Å². The molecule has 0 heterocycles. The summed E-state index contributed by atoms with van der Waals surface area (Å²) in [4.78, 5) is 14.3. The van der Waals surface area contributed by atoms with Gasteiger partial charge < -0.3 is 4.90 Å². The third kappa shape index (κ3) is 3.39. The fourth-order valence-corrected chi connectivity index (χ4v) is 2.22. The van der Waals surface area contributed by atoms with E-state index in [-0.39, 0.29) is 5.91 Å². The van der Waals surface area contributed by atoms with E-state index in [1.165, 1.54) is 0 Å². The Labute approximate surface area is 110 Å². The first-order valence-corrected chi connectivity index (χ1v) is 6.04. The number of halogens is 1. The summed E-state index contributed by atoms with van der Waals surface area (Å²) in [7, 11) is 1.76. The molecular weight excluding hydrogens is 286 g/mol. The second-order valence-corrected chi connectivity index (χ2v) is 5.18. The second-order valence-electron chi connectivity index (χ2n) is 3.78. The zero-order valence-corrected chi connectivity index (χ0v) is 11.8. The summed E-state index contributed by atoms with van der Waals surface area (Å²) in [6.07, 6.45) is 0. The van der Waals surface area contributed by atoms with Crippen LogP contribution in [0.25, 0.3) is 0 Å². The van der Waals surface area contributed by atoms with Gasteiger partial charge in [-0.05, 0) is 25.1 Å². The van der Waals surface area contributed by atoms with Crippen LogP contribution in [0.15, 0.2) is 39.7 Å². The molecule has 0 aromatic heterocycles. The van der Waals surface area contributed by atoms with Crippen LogP contribution in [0, 0.1) is 0 Å². The first-order chi connectivity index (χ1) is 7.41. The highest BCUT2D eigenvalue weighted by Gasteiger charge is 2.14. The van der Waals surface area contributed by atoms with Crippen LogP contribution >= 0.6 is 28.6 Å². The van der Waals surface area contributed by atoms with Crippen molar-refractivity contribution in [3.8, 4) is 0 Å². The summed E-state index contributed by atoms with van der Waals surface area (Å²) in [5, 5.41) is 0. The standard InChI is InChI=1S/C12H14BrNOS/c1-8(2)7-14(3)12(15)10-5-4-9(13)6-11(10)16/h4-6,16H,1,7H2,2-3H3. The summed E-state index contributed by atoms with van der Waals surface area (Å²) >= 11 is 7.63. The number of likely N-dealkylation sites (N-methyl/N-ethyl adjacent to an activating group) is 1. The fraction of sp³-hybridized carbons (Fsp3) is 0.250. The largest absolute Gasteiger partial charge is 0.338 e. The maximum Gasteiger partial charge on any atom is 0.255 e. The summed E-state index contributed by atoms with van der Waals surface area (Å²) in [5.74, 6) is -0.0412. The molecule has 0 atom stereocenters. The number of hydrogen-bond acceptors (Lipinski definition) is 2. The fourth-order valence-electron chi connectivity index (χ4n) is 1.37. The Hall–Kier alpha value is -0.740. The molecule has 86 valence electrons. The average Bonchev–Trinajstić information content (AvgIpc) is 2.15. The summed E-state index contributed by atoms with van der Waals surface area (Å²) < 4.78 is 0.914. The summed E-state index contributed by atoms with van der Waals surface area (Å²) in [6.45, 7) is 6.24. The van der Waals surface area contributed by atoms with Gasteiger partial charge in [-0.25, -0.2) is 0 Å². The van der Waals surface area contributed by atoms with E-state index < -0.39 is 0 Å². The topological polar surface area (TPSA) is 20.3 Å². The zero-order chi connectivity index (χ0) is 12.3. The Morgan fingerprint density at radius 1 is 1.56 bits per heavy atom. The van der Waals surface area contributed by atoms with E-state index in [0.29, 0.717) is 17.0 Å². The average molecular weight is 300 g/mol. The van der Waals surface area contributed by atoms with E-state index >= 15 is 0 Å². The Kier molecular flexibility index (Phi) is 4.62. The lowest BCUT2D eigenvalue weighted by atomic mass is 10.2. The summed E-state index contributed by atoms with van der Waals surface area (Å²) in [5.41, 5.74) is 1.56. The van der Waals surface area contributed by atoms with Crippen molar-refractivity contribution in [1.29, 1.82) is 0 Å². The van der Waals surface area contributed by atoms with E-state index in [0.717, 1.165) is 10.0 Å². The number of carbonyl (C=O) groups excluding carboxylic acids is 1. The van der Waals surface area contributed by atoms with Crippen LogP contribution in [0.2, 0.25) is 0 Å². The zero-order valence-electron chi connectivity index (χ0n) is 9.33.